The van der Waals surface area contributed by atoms with Crippen molar-refractivity contribution in [1.29, 1.82) is 0 Å². The summed E-state index contributed by atoms with van der Waals surface area (Å²) in [5, 5.41) is 2.03. The first kappa shape index (κ1) is 14.3. The standard InChI is InChI=1S/C13H15NOS.BrH/c1-13(2,14-8-9-16-10-14)12(15)11-6-4-3-5-7-11;/h3-9H,10H2,1-2H3;1H. The van der Waals surface area contributed by atoms with Crippen molar-refractivity contribution in [3.8, 4) is 0 Å². The van der Waals surface area contributed by atoms with E-state index in [2.05, 4.69) is 4.90 Å². The molecule has 2 nitrogen and oxygen atoms in total. The van der Waals surface area contributed by atoms with E-state index in [1.807, 2.05) is 55.8 Å². The van der Waals surface area contributed by atoms with Gasteiger partial charge in [0.2, 0.25) is 0 Å². The predicted octanol–water partition coefficient (Wildman–Crippen LogP) is 3.70. The maximum Gasteiger partial charge on any atom is 0.187 e. The lowest BCUT2D eigenvalue weighted by molar-refractivity contribution is 0.0779. The number of ketones is 1. The molecule has 1 aliphatic rings. The molecule has 0 aromatic heterocycles. The van der Waals surface area contributed by atoms with Crippen LogP contribution in [0.4, 0.5) is 0 Å². The van der Waals surface area contributed by atoms with Crippen molar-refractivity contribution < 1.29 is 4.79 Å². The Hall–Kier alpha value is -0.740. The molecule has 0 atom stereocenters. The molecule has 1 heterocycles. The largest absolute Gasteiger partial charge is 0.355 e. The fraction of sp³-hybridized carbons (Fsp3) is 0.308. The Balaban J connectivity index is 0.00000144. The van der Waals surface area contributed by atoms with Gasteiger partial charge in [-0.2, -0.15) is 0 Å². The van der Waals surface area contributed by atoms with Gasteiger partial charge in [-0.25, -0.2) is 0 Å². The van der Waals surface area contributed by atoms with Crippen LogP contribution in [0.2, 0.25) is 0 Å². The summed E-state index contributed by atoms with van der Waals surface area (Å²) in [5.74, 6) is 1.02. The molecule has 0 radical (unpaired) electrons. The molecule has 2 rings (SSSR count). The minimum Gasteiger partial charge on any atom is -0.355 e. The highest BCUT2D eigenvalue weighted by Crippen LogP contribution is 2.27. The summed E-state index contributed by atoms with van der Waals surface area (Å²) in [7, 11) is 0. The van der Waals surface area contributed by atoms with E-state index in [0.29, 0.717) is 0 Å². The topological polar surface area (TPSA) is 20.3 Å². The van der Waals surface area contributed by atoms with Gasteiger partial charge in [-0.05, 0) is 19.3 Å². The number of carbonyl (C=O) groups is 1. The second-order valence-electron chi connectivity index (χ2n) is 4.30. The Bertz CT molecular complexity index is 417. The van der Waals surface area contributed by atoms with E-state index in [4.69, 9.17) is 0 Å². The van der Waals surface area contributed by atoms with E-state index >= 15 is 0 Å². The van der Waals surface area contributed by atoms with Gasteiger partial charge in [0.15, 0.2) is 5.78 Å². The van der Waals surface area contributed by atoms with Crippen LogP contribution in [0.15, 0.2) is 41.9 Å². The molecule has 1 aromatic carbocycles. The zero-order valence-corrected chi connectivity index (χ0v) is 12.5. The fourth-order valence-electron chi connectivity index (χ4n) is 1.70. The molecular weight excluding hydrogens is 298 g/mol. The molecular formula is C13H16BrNOS. The third-order valence-corrected chi connectivity index (χ3v) is 3.60. The highest BCUT2D eigenvalue weighted by Gasteiger charge is 2.34. The third-order valence-electron chi connectivity index (χ3n) is 2.86. The van der Waals surface area contributed by atoms with Crippen molar-refractivity contribution in [2.24, 2.45) is 0 Å². The van der Waals surface area contributed by atoms with Gasteiger partial charge in [-0.1, -0.05) is 30.3 Å². The molecule has 0 N–H and O–H groups in total. The number of Topliss-reactive ketones (excluding diaryl/α,β-unsaturated/α-hetero) is 1. The molecule has 0 saturated heterocycles. The fourth-order valence-corrected chi connectivity index (χ4v) is 2.59. The van der Waals surface area contributed by atoms with Crippen LogP contribution in [0.3, 0.4) is 0 Å². The predicted molar refractivity (Wildman–Crippen MR) is 78.6 cm³/mol. The second-order valence-corrected chi connectivity index (χ2v) is 5.17. The van der Waals surface area contributed by atoms with Gasteiger partial charge in [-0.15, -0.1) is 28.7 Å². The summed E-state index contributed by atoms with van der Waals surface area (Å²) in [6.45, 7) is 3.94. The van der Waals surface area contributed by atoms with Crippen molar-refractivity contribution >= 4 is 34.5 Å². The Kier molecular flexibility index (Phi) is 4.83. The van der Waals surface area contributed by atoms with Crippen LogP contribution in [0, 0.1) is 0 Å². The van der Waals surface area contributed by atoms with Crippen LogP contribution >= 0.6 is 28.7 Å². The molecule has 0 saturated carbocycles. The molecule has 1 aliphatic heterocycles. The second kappa shape index (κ2) is 5.74. The van der Waals surface area contributed by atoms with Crippen molar-refractivity contribution in [2.45, 2.75) is 19.4 Å². The van der Waals surface area contributed by atoms with Gasteiger partial charge in [0.1, 0.15) is 0 Å². The molecule has 1 aromatic rings. The molecule has 4 heteroatoms. The van der Waals surface area contributed by atoms with Crippen LogP contribution in [-0.2, 0) is 0 Å². The SMILES string of the molecule is Br.CC(C)(C(=O)c1ccccc1)N1C=CSC1. The Morgan fingerprint density at radius 1 is 1.29 bits per heavy atom. The normalized spacial score (nSPS) is 14.6. The minimum atomic E-state index is -0.471. The quantitative estimate of drug-likeness (QED) is 0.794. The van der Waals surface area contributed by atoms with Crippen molar-refractivity contribution in [1.82, 2.24) is 4.90 Å². The average molecular weight is 314 g/mol. The summed E-state index contributed by atoms with van der Waals surface area (Å²) < 4.78 is 0. The molecule has 0 unspecified atom stereocenters. The summed E-state index contributed by atoms with van der Waals surface area (Å²) >= 11 is 1.71. The number of rotatable bonds is 3. The van der Waals surface area contributed by atoms with E-state index in [-0.39, 0.29) is 22.8 Å². The summed E-state index contributed by atoms with van der Waals surface area (Å²) in [4.78, 5) is 14.4. The zero-order valence-electron chi connectivity index (χ0n) is 9.92. The lowest BCUT2D eigenvalue weighted by Gasteiger charge is -2.33. The number of benzene rings is 1. The van der Waals surface area contributed by atoms with Crippen LogP contribution < -0.4 is 0 Å². The lowest BCUT2D eigenvalue weighted by atomic mass is 9.92. The van der Waals surface area contributed by atoms with E-state index in [9.17, 15) is 4.79 Å². The van der Waals surface area contributed by atoms with Gasteiger partial charge >= 0.3 is 0 Å². The maximum atomic E-state index is 12.4. The summed E-state index contributed by atoms with van der Waals surface area (Å²) in [5.41, 5.74) is 0.305. The van der Waals surface area contributed by atoms with Gasteiger partial charge < -0.3 is 4.90 Å². The molecule has 92 valence electrons. The molecule has 0 fully saturated rings. The van der Waals surface area contributed by atoms with Crippen molar-refractivity contribution in [2.75, 3.05) is 5.88 Å². The number of hydrogen-bond donors (Lipinski definition) is 0. The van der Waals surface area contributed by atoms with Crippen LogP contribution in [0.25, 0.3) is 0 Å². The van der Waals surface area contributed by atoms with Crippen molar-refractivity contribution in [3.05, 3.63) is 47.5 Å². The first-order valence-electron chi connectivity index (χ1n) is 5.27. The van der Waals surface area contributed by atoms with Gasteiger partial charge in [0.25, 0.3) is 0 Å². The Morgan fingerprint density at radius 2 is 1.94 bits per heavy atom. The molecule has 17 heavy (non-hydrogen) atoms. The van der Waals surface area contributed by atoms with Gasteiger partial charge in [0.05, 0.1) is 11.4 Å². The highest BCUT2D eigenvalue weighted by molar-refractivity contribution is 8.93. The molecule has 0 spiro atoms. The third kappa shape index (κ3) is 2.93. The van der Waals surface area contributed by atoms with Gasteiger partial charge in [0, 0.05) is 11.8 Å². The number of hydrogen-bond acceptors (Lipinski definition) is 3. The summed E-state index contributed by atoms with van der Waals surface area (Å²) in [6, 6.07) is 9.47. The first-order chi connectivity index (χ1) is 7.62. The van der Waals surface area contributed by atoms with E-state index in [0.717, 1.165) is 11.4 Å². The van der Waals surface area contributed by atoms with E-state index in [1.54, 1.807) is 11.8 Å². The zero-order chi connectivity index (χ0) is 11.6. The van der Waals surface area contributed by atoms with Crippen LogP contribution in [0.5, 0.6) is 0 Å². The van der Waals surface area contributed by atoms with E-state index in [1.165, 1.54) is 0 Å². The Labute approximate surface area is 117 Å². The number of halogens is 1. The monoisotopic (exact) mass is 313 g/mol. The summed E-state index contributed by atoms with van der Waals surface area (Å²) in [6.07, 6.45) is 1.99. The number of thioether (sulfide) groups is 1. The van der Waals surface area contributed by atoms with Crippen LogP contribution in [0.1, 0.15) is 24.2 Å². The molecule has 0 bridgehead atoms. The van der Waals surface area contributed by atoms with E-state index < -0.39 is 5.54 Å². The van der Waals surface area contributed by atoms with Crippen molar-refractivity contribution in [3.63, 3.8) is 0 Å². The number of nitrogens with zero attached hydrogens (tertiary/aromatic N) is 1. The Morgan fingerprint density at radius 3 is 2.47 bits per heavy atom. The van der Waals surface area contributed by atoms with Gasteiger partial charge in [-0.3, -0.25) is 4.79 Å². The average Bonchev–Trinajstić information content (AvgIpc) is 2.83. The first-order valence-corrected chi connectivity index (χ1v) is 6.32. The lowest BCUT2D eigenvalue weighted by Crippen LogP contribution is -2.46. The maximum absolute atomic E-state index is 12.4. The smallest absolute Gasteiger partial charge is 0.187 e. The molecule has 0 amide bonds. The molecule has 0 aliphatic carbocycles. The number of carbonyl (C=O) groups excluding carboxylic acids is 1. The minimum absolute atomic E-state index is 0. The highest BCUT2D eigenvalue weighted by atomic mass is 79.9. The van der Waals surface area contributed by atoms with Crippen LogP contribution in [-0.4, -0.2) is 22.1 Å².